The number of nitrogens with zero attached hydrogens (tertiary/aromatic N) is 1. The van der Waals surface area contributed by atoms with E-state index in [2.05, 4.69) is 0 Å². The van der Waals surface area contributed by atoms with Crippen molar-refractivity contribution in [3.63, 3.8) is 0 Å². The van der Waals surface area contributed by atoms with Crippen LogP contribution in [0.1, 0.15) is 49.3 Å². The number of methoxy groups -OCH3 is 1. The van der Waals surface area contributed by atoms with Crippen molar-refractivity contribution >= 4 is 11.9 Å². The minimum Gasteiger partial charge on any atom is -0.497 e. The van der Waals surface area contributed by atoms with Crippen molar-refractivity contribution in [2.24, 2.45) is 0 Å². The van der Waals surface area contributed by atoms with Gasteiger partial charge in [0.1, 0.15) is 18.1 Å². The lowest BCUT2D eigenvalue weighted by molar-refractivity contribution is -0.160. The van der Waals surface area contributed by atoms with Gasteiger partial charge < -0.3 is 19.5 Å². The number of aliphatic hydroxyl groups is 1. The number of fused-ring (bicyclic) bond motifs is 1. The zero-order valence-electron chi connectivity index (χ0n) is 19.0. The number of amides is 1. The van der Waals surface area contributed by atoms with Gasteiger partial charge in [0, 0.05) is 24.8 Å². The third-order valence-electron chi connectivity index (χ3n) is 7.45. The smallest absolute Gasteiger partial charge is 0.410 e. The van der Waals surface area contributed by atoms with Crippen LogP contribution in [0.5, 0.6) is 5.75 Å². The zero-order valence-corrected chi connectivity index (χ0v) is 19.0. The van der Waals surface area contributed by atoms with Crippen LogP contribution < -0.4 is 4.74 Å². The van der Waals surface area contributed by atoms with Crippen molar-refractivity contribution in [1.82, 2.24) is 4.90 Å². The number of piperidine rings is 1. The molecule has 1 saturated heterocycles. The minimum absolute atomic E-state index is 0.143. The lowest BCUT2D eigenvalue weighted by Gasteiger charge is -2.59. The summed E-state index contributed by atoms with van der Waals surface area (Å²) in [7, 11) is 1.61. The van der Waals surface area contributed by atoms with Crippen LogP contribution in [0, 0.1) is 6.92 Å². The standard InChI is InChI=1S/C26H31NO5/c1-18-9-10-22(31-3)15-23(18)25-13-14-27(19(2)26(25,30)12-11-21(28)16-25)24(29)32-17-20-7-5-4-6-8-20/h4-10,15,19,30H,11-14,16-17H2,1-3H3/t19?,25-,26-/m1/s1. The molecule has 2 aromatic carbocycles. The van der Waals surface area contributed by atoms with Crippen LogP contribution in [0.4, 0.5) is 4.79 Å². The van der Waals surface area contributed by atoms with Crippen LogP contribution in [-0.4, -0.2) is 47.2 Å². The maximum Gasteiger partial charge on any atom is 0.410 e. The molecule has 1 aliphatic carbocycles. The molecular formula is C26H31NO5. The Morgan fingerprint density at radius 3 is 2.66 bits per heavy atom. The Balaban J connectivity index is 1.65. The van der Waals surface area contributed by atoms with Gasteiger partial charge in [-0.2, -0.15) is 0 Å². The number of ether oxygens (including phenoxy) is 2. The molecule has 2 aliphatic rings. The van der Waals surface area contributed by atoms with Gasteiger partial charge >= 0.3 is 6.09 Å². The summed E-state index contributed by atoms with van der Waals surface area (Å²) in [6.07, 6.45) is 0.913. The van der Waals surface area contributed by atoms with Crippen molar-refractivity contribution in [2.45, 2.75) is 63.2 Å². The van der Waals surface area contributed by atoms with Gasteiger partial charge in [0.25, 0.3) is 0 Å². The Morgan fingerprint density at radius 2 is 1.94 bits per heavy atom. The van der Waals surface area contributed by atoms with Crippen LogP contribution in [0.25, 0.3) is 0 Å². The molecular weight excluding hydrogens is 406 g/mol. The van der Waals surface area contributed by atoms with E-state index in [1.165, 1.54) is 0 Å². The summed E-state index contributed by atoms with van der Waals surface area (Å²) in [6.45, 7) is 4.44. The molecule has 0 aromatic heterocycles. The van der Waals surface area contributed by atoms with Crippen molar-refractivity contribution < 1.29 is 24.2 Å². The van der Waals surface area contributed by atoms with Gasteiger partial charge in [0.2, 0.25) is 0 Å². The van der Waals surface area contributed by atoms with E-state index in [0.717, 1.165) is 16.7 Å². The number of benzene rings is 2. The predicted octanol–water partition coefficient (Wildman–Crippen LogP) is 4.16. The average Bonchev–Trinajstić information content (AvgIpc) is 2.80. The number of hydrogen-bond donors (Lipinski definition) is 1. The minimum atomic E-state index is -1.25. The van der Waals surface area contributed by atoms with Crippen molar-refractivity contribution in [3.8, 4) is 5.75 Å². The lowest BCUT2D eigenvalue weighted by Crippen LogP contribution is -2.70. The van der Waals surface area contributed by atoms with Gasteiger partial charge in [0.05, 0.1) is 18.8 Å². The van der Waals surface area contributed by atoms with Crippen LogP contribution >= 0.6 is 0 Å². The van der Waals surface area contributed by atoms with E-state index in [9.17, 15) is 14.7 Å². The Morgan fingerprint density at radius 1 is 1.19 bits per heavy atom. The number of ketones is 1. The van der Waals surface area contributed by atoms with E-state index in [1.807, 2.05) is 62.4 Å². The summed E-state index contributed by atoms with van der Waals surface area (Å²) < 4.78 is 11.0. The molecule has 170 valence electrons. The molecule has 6 nitrogen and oxygen atoms in total. The lowest BCUT2D eigenvalue weighted by atomic mass is 9.53. The van der Waals surface area contributed by atoms with Crippen LogP contribution in [-0.2, 0) is 21.6 Å². The fourth-order valence-electron chi connectivity index (χ4n) is 5.58. The second-order valence-corrected chi connectivity index (χ2v) is 9.06. The van der Waals surface area contributed by atoms with E-state index < -0.39 is 23.2 Å². The maximum atomic E-state index is 13.0. The first kappa shape index (κ1) is 22.3. The van der Waals surface area contributed by atoms with E-state index in [1.54, 1.807) is 12.0 Å². The van der Waals surface area contributed by atoms with E-state index >= 15 is 0 Å². The Bertz CT molecular complexity index is 1010. The molecule has 1 amide bonds. The summed E-state index contributed by atoms with van der Waals surface area (Å²) in [4.78, 5) is 27.2. The number of hydrogen-bond acceptors (Lipinski definition) is 5. The first-order chi connectivity index (χ1) is 15.3. The molecule has 0 spiro atoms. The first-order valence-electron chi connectivity index (χ1n) is 11.2. The monoisotopic (exact) mass is 437 g/mol. The highest BCUT2D eigenvalue weighted by Gasteiger charge is 2.62. The van der Waals surface area contributed by atoms with Gasteiger partial charge in [-0.05, 0) is 55.5 Å². The number of carbonyl (C=O) groups excluding carboxylic acids is 2. The van der Waals surface area contributed by atoms with Gasteiger partial charge in [0.15, 0.2) is 0 Å². The normalized spacial score (nSPS) is 27.6. The van der Waals surface area contributed by atoms with Crippen LogP contribution in [0.3, 0.4) is 0 Å². The van der Waals surface area contributed by atoms with Gasteiger partial charge in [-0.25, -0.2) is 4.79 Å². The zero-order chi connectivity index (χ0) is 22.9. The fourth-order valence-corrected chi connectivity index (χ4v) is 5.58. The van der Waals surface area contributed by atoms with Crippen molar-refractivity contribution in [3.05, 3.63) is 65.2 Å². The molecule has 1 N–H and O–H groups in total. The molecule has 2 fully saturated rings. The van der Waals surface area contributed by atoms with Gasteiger partial charge in [-0.15, -0.1) is 0 Å². The molecule has 4 rings (SSSR count). The number of likely N-dealkylation sites (tertiary alicyclic amines) is 1. The third-order valence-corrected chi connectivity index (χ3v) is 7.45. The summed E-state index contributed by atoms with van der Waals surface area (Å²) in [5.41, 5.74) is 0.829. The predicted molar refractivity (Wildman–Crippen MR) is 121 cm³/mol. The molecule has 3 atom stereocenters. The number of Topliss-reactive ketones (excluding diaryl/α,β-unsaturated/α-hetero) is 1. The molecule has 2 aromatic rings. The average molecular weight is 438 g/mol. The SMILES string of the molecule is COc1ccc(C)c([C@]23CCN(C(=O)OCc4ccccc4)C(C)[C@]2(O)CCC(=O)C3)c1. The van der Waals surface area contributed by atoms with Gasteiger partial charge in [-0.3, -0.25) is 4.79 Å². The molecule has 1 saturated carbocycles. The number of carbonyl (C=O) groups is 2. The van der Waals surface area contributed by atoms with E-state index in [0.29, 0.717) is 31.6 Å². The largest absolute Gasteiger partial charge is 0.497 e. The van der Waals surface area contributed by atoms with Crippen molar-refractivity contribution in [1.29, 1.82) is 0 Å². The fraction of sp³-hybridized carbons (Fsp3) is 0.462. The summed E-state index contributed by atoms with van der Waals surface area (Å²) in [5, 5.41) is 12.1. The highest BCUT2D eigenvalue weighted by atomic mass is 16.6. The number of rotatable bonds is 4. The molecule has 6 heteroatoms. The molecule has 32 heavy (non-hydrogen) atoms. The van der Waals surface area contributed by atoms with Crippen molar-refractivity contribution in [2.75, 3.05) is 13.7 Å². The summed E-state index contributed by atoms with van der Waals surface area (Å²) in [5.74, 6) is 0.835. The molecule has 1 unspecified atom stereocenters. The highest BCUT2D eigenvalue weighted by Crippen LogP contribution is 2.54. The maximum absolute atomic E-state index is 13.0. The highest BCUT2D eigenvalue weighted by molar-refractivity contribution is 5.82. The third kappa shape index (κ3) is 3.66. The quantitative estimate of drug-likeness (QED) is 0.777. The topological polar surface area (TPSA) is 76.1 Å². The second-order valence-electron chi connectivity index (χ2n) is 9.06. The Hall–Kier alpha value is -2.86. The van der Waals surface area contributed by atoms with E-state index in [-0.39, 0.29) is 18.8 Å². The number of aryl methyl sites for hydroxylation is 1. The summed E-state index contributed by atoms with van der Waals surface area (Å²) in [6, 6.07) is 14.8. The summed E-state index contributed by atoms with van der Waals surface area (Å²) >= 11 is 0. The van der Waals surface area contributed by atoms with Gasteiger partial charge in [-0.1, -0.05) is 36.4 Å². The molecule has 1 aliphatic heterocycles. The molecule has 1 heterocycles. The van der Waals surface area contributed by atoms with Crippen LogP contribution in [0.15, 0.2) is 48.5 Å². The van der Waals surface area contributed by atoms with Crippen LogP contribution in [0.2, 0.25) is 0 Å². The Kier molecular flexibility index (Phi) is 5.99. The Labute approximate surface area is 189 Å². The first-order valence-corrected chi connectivity index (χ1v) is 11.2. The van der Waals surface area contributed by atoms with E-state index in [4.69, 9.17) is 9.47 Å². The molecule has 0 radical (unpaired) electrons. The molecule has 0 bridgehead atoms. The second kappa shape index (κ2) is 8.58.